The molecule has 1 aromatic rings. The molecule has 1 atom stereocenters. The molecule has 72 valence electrons. The molecule has 0 aliphatic rings. The smallest absolute Gasteiger partial charge is 0.118 e. The van der Waals surface area contributed by atoms with Crippen LogP contribution in [0.1, 0.15) is 11.6 Å². The van der Waals surface area contributed by atoms with Crippen LogP contribution in [-0.4, -0.2) is 19.1 Å². The van der Waals surface area contributed by atoms with E-state index in [9.17, 15) is 0 Å². The Morgan fingerprint density at radius 1 is 1.38 bits per heavy atom. The van der Waals surface area contributed by atoms with Gasteiger partial charge in [-0.1, -0.05) is 12.1 Å². The maximum atomic E-state index is 5.94. The van der Waals surface area contributed by atoms with Gasteiger partial charge in [0.15, 0.2) is 0 Å². The van der Waals surface area contributed by atoms with E-state index >= 15 is 0 Å². The lowest BCUT2D eigenvalue weighted by atomic mass is 10.1. The van der Waals surface area contributed by atoms with Gasteiger partial charge in [-0.2, -0.15) is 11.8 Å². The van der Waals surface area contributed by atoms with E-state index in [0.717, 1.165) is 17.1 Å². The van der Waals surface area contributed by atoms with Crippen molar-refractivity contribution in [3.63, 3.8) is 0 Å². The summed E-state index contributed by atoms with van der Waals surface area (Å²) < 4.78 is 5.06. The van der Waals surface area contributed by atoms with Gasteiger partial charge >= 0.3 is 0 Å². The van der Waals surface area contributed by atoms with Crippen LogP contribution in [0.25, 0.3) is 0 Å². The first-order chi connectivity index (χ1) is 6.27. The van der Waals surface area contributed by atoms with Gasteiger partial charge in [0.05, 0.1) is 7.11 Å². The minimum absolute atomic E-state index is 0.126. The van der Waals surface area contributed by atoms with Gasteiger partial charge in [-0.05, 0) is 24.0 Å². The predicted octanol–water partition coefficient (Wildman–Crippen LogP) is 2.06. The van der Waals surface area contributed by atoms with Crippen LogP contribution in [0.15, 0.2) is 24.3 Å². The minimum Gasteiger partial charge on any atom is -0.497 e. The molecule has 0 aromatic heterocycles. The molecule has 1 rings (SSSR count). The van der Waals surface area contributed by atoms with E-state index in [-0.39, 0.29) is 6.04 Å². The summed E-state index contributed by atoms with van der Waals surface area (Å²) in [5, 5.41) is 0. The van der Waals surface area contributed by atoms with Crippen LogP contribution in [0, 0.1) is 0 Å². The standard InChI is InChI=1S/C10H15NOS/c1-12-9-5-3-8(4-6-9)10(11)7-13-2/h3-6,10H,7,11H2,1-2H3. The highest BCUT2D eigenvalue weighted by Gasteiger charge is 2.04. The van der Waals surface area contributed by atoms with E-state index in [4.69, 9.17) is 10.5 Å². The lowest BCUT2D eigenvalue weighted by molar-refractivity contribution is 0.414. The van der Waals surface area contributed by atoms with E-state index in [1.54, 1.807) is 18.9 Å². The zero-order chi connectivity index (χ0) is 9.68. The van der Waals surface area contributed by atoms with Crippen molar-refractivity contribution in [2.75, 3.05) is 19.1 Å². The van der Waals surface area contributed by atoms with Gasteiger partial charge in [0.1, 0.15) is 5.75 Å². The van der Waals surface area contributed by atoms with Gasteiger partial charge in [-0.25, -0.2) is 0 Å². The fourth-order valence-electron chi connectivity index (χ4n) is 1.13. The van der Waals surface area contributed by atoms with Gasteiger partial charge in [-0.3, -0.25) is 0 Å². The van der Waals surface area contributed by atoms with Crippen LogP contribution < -0.4 is 10.5 Å². The molecule has 2 nitrogen and oxygen atoms in total. The van der Waals surface area contributed by atoms with Crippen molar-refractivity contribution in [2.24, 2.45) is 5.73 Å². The number of hydrogen-bond acceptors (Lipinski definition) is 3. The maximum Gasteiger partial charge on any atom is 0.118 e. The fourth-order valence-corrected chi connectivity index (χ4v) is 1.68. The molecule has 1 aromatic carbocycles. The summed E-state index contributed by atoms with van der Waals surface area (Å²) in [4.78, 5) is 0. The molecule has 13 heavy (non-hydrogen) atoms. The number of rotatable bonds is 4. The number of thioether (sulfide) groups is 1. The molecule has 0 bridgehead atoms. The molecule has 0 radical (unpaired) electrons. The van der Waals surface area contributed by atoms with Crippen LogP contribution in [-0.2, 0) is 0 Å². The highest BCUT2D eigenvalue weighted by molar-refractivity contribution is 7.98. The third-order valence-corrected chi connectivity index (χ3v) is 2.58. The van der Waals surface area contributed by atoms with E-state index in [1.165, 1.54) is 0 Å². The Morgan fingerprint density at radius 2 is 2.00 bits per heavy atom. The molecule has 0 fully saturated rings. The van der Waals surface area contributed by atoms with Crippen LogP contribution in [0.2, 0.25) is 0 Å². The Balaban J connectivity index is 2.67. The Morgan fingerprint density at radius 3 is 2.46 bits per heavy atom. The average molecular weight is 197 g/mol. The largest absolute Gasteiger partial charge is 0.497 e. The Bertz CT molecular complexity index is 248. The second-order valence-electron chi connectivity index (χ2n) is 2.83. The van der Waals surface area contributed by atoms with Crippen LogP contribution >= 0.6 is 11.8 Å². The number of methoxy groups -OCH3 is 1. The molecule has 0 spiro atoms. The summed E-state index contributed by atoms with van der Waals surface area (Å²) in [6.45, 7) is 0. The Hall–Kier alpha value is -0.670. The van der Waals surface area contributed by atoms with Gasteiger partial charge in [-0.15, -0.1) is 0 Å². The summed E-state index contributed by atoms with van der Waals surface area (Å²) in [7, 11) is 1.66. The Labute approximate surface area is 83.5 Å². The zero-order valence-corrected chi connectivity index (χ0v) is 8.80. The zero-order valence-electron chi connectivity index (χ0n) is 7.99. The van der Waals surface area contributed by atoms with Crippen molar-refractivity contribution in [2.45, 2.75) is 6.04 Å². The fraction of sp³-hybridized carbons (Fsp3) is 0.400. The number of nitrogens with two attached hydrogens (primary N) is 1. The first-order valence-electron chi connectivity index (χ1n) is 4.16. The molecule has 2 N–H and O–H groups in total. The first kappa shape index (κ1) is 10.4. The summed E-state index contributed by atoms with van der Waals surface area (Å²) >= 11 is 1.76. The van der Waals surface area contributed by atoms with Crippen molar-refractivity contribution >= 4 is 11.8 Å². The Kier molecular flexibility index (Phi) is 4.12. The lowest BCUT2D eigenvalue weighted by Gasteiger charge is -2.10. The molecular weight excluding hydrogens is 182 g/mol. The summed E-state index contributed by atoms with van der Waals surface area (Å²) in [5.41, 5.74) is 7.10. The average Bonchev–Trinajstić information content (AvgIpc) is 2.18. The van der Waals surface area contributed by atoms with Crippen LogP contribution in [0.4, 0.5) is 0 Å². The van der Waals surface area contributed by atoms with Crippen LogP contribution in [0.3, 0.4) is 0 Å². The van der Waals surface area contributed by atoms with Crippen molar-refractivity contribution in [3.8, 4) is 5.75 Å². The highest BCUT2D eigenvalue weighted by Crippen LogP contribution is 2.18. The van der Waals surface area contributed by atoms with E-state index < -0.39 is 0 Å². The van der Waals surface area contributed by atoms with Crippen molar-refractivity contribution in [1.82, 2.24) is 0 Å². The molecule has 0 saturated heterocycles. The molecule has 0 amide bonds. The van der Waals surface area contributed by atoms with Gasteiger partial charge in [0, 0.05) is 11.8 Å². The topological polar surface area (TPSA) is 35.2 Å². The number of benzene rings is 1. The van der Waals surface area contributed by atoms with Gasteiger partial charge in [0.2, 0.25) is 0 Å². The minimum atomic E-state index is 0.126. The maximum absolute atomic E-state index is 5.94. The molecule has 3 heteroatoms. The molecule has 0 saturated carbocycles. The second kappa shape index (κ2) is 5.14. The first-order valence-corrected chi connectivity index (χ1v) is 5.55. The SMILES string of the molecule is COc1ccc(C(N)CSC)cc1. The third-order valence-electron chi connectivity index (χ3n) is 1.89. The lowest BCUT2D eigenvalue weighted by Crippen LogP contribution is -2.12. The van der Waals surface area contributed by atoms with E-state index in [2.05, 4.69) is 6.26 Å². The van der Waals surface area contributed by atoms with Crippen molar-refractivity contribution < 1.29 is 4.74 Å². The monoisotopic (exact) mass is 197 g/mol. The third kappa shape index (κ3) is 2.94. The summed E-state index contributed by atoms with van der Waals surface area (Å²) in [6, 6.07) is 8.03. The molecule has 1 unspecified atom stereocenters. The van der Waals surface area contributed by atoms with E-state index in [1.807, 2.05) is 24.3 Å². The second-order valence-corrected chi connectivity index (χ2v) is 3.75. The summed E-state index contributed by atoms with van der Waals surface area (Å²) in [5.74, 6) is 1.83. The molecular formula is C10H15NOS. The number of hydrogen-bond donors (Lipinski definition) is 1. The summed E-state index contributed by atoms with van der Waals surface area (Å²) in [6.07, 6.45) is 2.06. The van der Waals surface area contributed by atoms with Crippen molar-refractivity contribution in [3.05, 3.63) is 29.8 Å². The highest BCUT2D eigenvalue weighted by atomic mass is 32.2. The quantitative estimate of drug-likeness (QED) is 0.802. The predicted molar refractivity (Wildman–Crippen MR) is 58.3 cm³/mol. The molecule has 0 heterocycles. The number of ether oxygens (including phenoxy) is 1. The van der Waals surface area contributed by atoms with Crippen molar-refractivity contribution in [1.29, 1.82) is 0 Å². The van der Waals surface area contributed by atoms with Gasteiger partial charge in [0.25, 0.3) is 0 Å². The van der Waals surface area contributed by atoms with E-state index in [0.29, 0.717) is 0 Å². The van der Waals surface area contributed by atoms with Gasteiger partial charge < -0.3 is 10.5 Å². The molecule has 0 aliphatic carbocycles. The van der Waals surface area contributed by atoms with Crippen LogP contribution in [0.5, 0.6) is 5.75 Å². The normalized spacial score (nSPS) is 12.5. The molecule has 0 aliphatic heterocycles.